The van der Waals surface area contributed by atoms with Crippen molar-refractivity contribution >= 4 is 61.2 Å². The van der Waals surface area contributed by atoms with Crippen LogP contribution in [0.15, 0.2) is 95.7 Å². The fourth-order valence-corrected chi connectivity index (χ4v) is 8.59. The van der Waals surface area contributed by atoms with E-state index < -0.39 is 31.4 Å². The van der Waals surface area contributed by atoms with Crippen LogP contribution in [-0.2, 0) is 14.8 Å². The predicted octanol–water partition coefficient (Wildman–Crippen LogP) is 7.88. The fourth-order valence-electron chi connectivity index (χ4n) is 7.48. The average molecular weight is 828 g/mol. The zero-order chi connectivity index (χ0) is 41.0. The lowest BCUT2D eigenvalue weighted by molar-refractivity contribution is -0.384. The van der Waals surface area contributed by atoms with Crippen molar-refractivity contribution in [3.63, 3.8) is 0 Å². The molecule has 16 heteroatoms. The highest BCUT2D eigenvalue weighted by Gasteiger charge is 2.30. The number of nitro benzene ring substituents is 1. The van der Waals surface area contributed by atoms with E-state index in [9.17, 15) is 23.3 Å². The third kappa shape index (κ3) is 9.45. The molecule has 304 valence electrons. The number of hydrogen-bond acceptors (Lipinski definition) is 11. The van der Waals surface area contributed by atoms with Gasteiger partial charge in [0.1, 0.15) is 22.8 Å². The van der Waals surface area contributed by atoms with Crippen LogP contribution in [0.5, 0.6) is 11.5 Å². The number of piperazine rings is 1. The Labute approximate surface area is 342 Å². The number of fused-ring (bicyclic) bond motifs is 1. The van der Waals surface area contributed by atoms with E-state index in [0.29, 0.717) is 11.4 Å². The van der Waals surface area contributed by atoms with Gasteiger partial charge in [-0.05, 0) is 84.3 Å². The Bertz CT molecular complexity index is 2460. The van der Waals surface area contributed by atoms with Crippen LogP contribution in [0.3, 0.4) is 0 Å². The molecule has 5 aromatic rings. The van der Waals surface area contributed by atoms with Crippen LogP contribution < -0.4 is 19.7 Å². The minimum Gasteiger partial charge on any atom is -0.455 e. The van der Waals surface area contributed by atoms with E-state index in [1.54, 1.807) is 24.4 Å². The summed E-state index contributed by atoms with van der Waals surface area (Å²) in [7, 11) is -3.06. The maximum Gasteiger partial charge on any atom is 0.293 e. The van der Waals surface area contributed by atoms with Crippen molar-refractivity contribution in [2.75, 3.05) is 63.2 Å². The molecule has 1 fully saturated rings. The number of benzene rings is 3. The Balaban J connectivity index is 1.11. The molecular formula is C42H46ClN7O7S. The summed E-state index contributed by atoms with van der Waals surface area (Å²) >= 11 is 6.23. The summed E-state index contributed by atoms with van der Waals surface area (Å²) in [5, 5.41) is 16.2. The van der Waals surface area contributed by atoms with Crippen LogP contribution in [0.4, 0.5) is 17.1 Å². The maximum atomic E-state index is 13.8. The minimum absolute atomic E-state index is 0.0469. The second-order valence-electron chi connectivity index (χ2n) is 15.4. The number of nitro groups is 1. The lowest BCUT2D eigenvalue weighted by Crippen LogP contribution is -2.47. The lowest BCUT2D eigenvalue weighted by Gasteiger charge is -2.39. The molecule has 58 heavy (non-hydrogen) atoms. The van der Waals surface area contributed by atoms with Crippen LogP contribution >= 0.6 is 11.6 Å². The lowest BCUT2D eigenvalue weighted by atomic mass is 9.72. The molecule has 14 nitrogen and oxygen atoms in total. The van der Waals surface area contributed by atoms with Crippen molar-refractivity contribution in [1.82, 2.24) is 19.6 Å². The first-order valence-corrected chi connectivity index (χ1v) is 20.9. The van der Waals surface area contributed by atoms with E-state index in [4.69, 9.17) is 21.1 Å². The standard InChI is InChI=1S/C42H46ClN7O7S/c1-42(2)14-12-30(36(25-42)28-4-6-31(43)7-5-28)27-48-17-19-49(20-18-48)32-8-10-35(39(23-32)57-33-22-29-13-15-45-40(29)46-26-33)41(51)47-58(54,55)34-9-11-37(44-16-21-56-3)38(24-34)50(52)53/h4-11,13,15,22-24,26,44H,12,14,16-21,25,27H2,1-3H3,(H,45,46)(H,47,51). The summed E-state index contributed by atoms with van der Waals surface area (Å²) in [6, 6.07) is 20.2. The highest BCUT2D eigenvalue weighted by molar-refractivity contribution is 7.90. The number of anilines is 2. The van der Waals surface area contributed by atoms with Gasteiger partial charge < -0.3 is 24.7 Å². The molecule has 2 aliphatic rings. The van der Waals surface area contributed by atoms with E-state index >= 15 is 0 Å². The second kappa shape index (κ2) is 17.2. The van der Waals surface area contributed by atoms with Gasteiger partial charge >= 0.3 is 0 Å². The van der Waals surface area contributed by atoms with Crippen molar-refractivity contribution in [3.8, 4) is 11.5 Å². The summed E-state index contributed by atoms with van der Waals surface area (Å²) in [4.78, 5) is 36.6. The first-order valence-electron chi connectivity index (χ1n) is 19.1. The van der Waals surface area contributed by atoms with E-state index in [-0.39, 0.29) is 35.6 Å². The molecule has 0 saturated carbocycles. The van der Waals surface area contributed by atoms with E-state index in [1.165, 1.54) is 48.2 Å². The number of H-pyrrole nitrogens is 1. The highest BCUT2D eigenvalue weighted by Crippen LogP contribution is 2.43. The molecular weight excluding hydrogens is 782 g/mol. The Morgan fingerprint density at radius 3 is 2.55 bits per heavy atom. The van der Waals surface area contributed by atoms with Crippen molar-refractivity contribution in [2.24, 2.45) is 5.41 Å². The van der Waals surface area contributed by atoms with Gasteiger partial charge in [-0.15, -0.1) is 0 Å². The molecule has 1 aliphatic heterocycles. The van der Waals surface area contributed by atoms with Crippen LogP contribution in [0.1, 0.15) is 49.0 Å². The molecule has 2 aromatic heterocycles. The smallest absolute Gasteiger partial charge is 0.293 e. The summed E-state index contributed by atoms with van der Waals surface area (Å²) < 4.78 is 40.4. The first-order chi connectivity index (χ1) is 27.8. The van der Waals surface area contributed by atoms with Crippen molar-refractivity contribution in [2.45, 2.75) is 38.0 Å². The molecule has 3 aromatic carbocycles. The molecule has 0 atom stereocenters. The molecule has 0 unspecified atom stereocenters. The van der Waals surface area contributed by atoms with Gasteiger partial charge in [0.05, 0.1) is 28.2 Å². The Hall–Kier alpha value is -5.48. The number of amides is 1. The second-order valence-corrected chi connectivity index (χ2v) is 17.5. The zero-order valence-corrected chi connectivity index (χ0v) is 34.2. The number of aromatic amines is 1. The number of rotatable bonds is 14. The fraction of sp³-hybridized carbons (Fsp3) is 0.333. The summed E-state index contributed by atoms with van der Waals surface area (Å²) in [5.74, 6) is -0.499. The number of sulfonamides is 1. The number of carbonyl (C=O) groups excluding carboxylic acids is 1. The molecule has 0 bridgehead atoms. The molecule has 3 N–H and O–H groups in total. The summed E-state index contributed by atoms with van der Waals surface area (Å²) in [6.45, 7) is 9.17. The highest BCUT2D eigenvalue weighted by atomic mass is 35.5. The van der Waals surface area contributed by atoms with E-state index in [0.717, 1.165) is 74.1 Å². The average Bonchev–Trinajstić information content (AvgIpc) is 3.67. The number of hydrogen-bond donors (Lipinski definition) is 3. The summed E-state index contributed by atoms with van der Waals surface area (Å²) in [5.41, 5.74) is 5.39. The number of nitrogens with one attached hydrogen (secondary N) is 3. The number of methoxy groups -OCH3 is 1. The summed E-state index contributed by atoms with van der Waals surface area (Å²) in [6.07, 6.45) is 6.46. The predicted molar refractivity (Wildman–Crippen MR) is 225 cm³/mol. The van der Waals surface area contributed by atoms with Crippen LogP contribution in [0.2, 0.25) is 5.02 Å². The van der Waals surface area contributed by atoms with Gasteiger partial charge in [0, 0.05) is 80.8 Å². The molecule has 1 aliphatic carbocycles. The van der Waals surface area contributed by atoms with Gasteiger partial charge in [0.25, 0.3) is 21.6 Å². The number of allylic oxidation sites excluding steroid dienone is 1. The molecule has 0 spiro atoms. The number of nitrogens with zero attached hydrogens (tertiary/aromatic N) is 4. The van der Waals surface area contributed by atoms with E-state index in [2.05, 4.69) is 55.8 Å². The van der Waals surface area contributed by atoms with E-state index in [1.807, 2.05) is 18.2 Å². The maximum absolute atomic E-state index is 13.8. The number of halogens is 1. The Kier molecular flexibility index (Phi) is 12.0. The van der Waals surface area contributed by atoms with Gasteiger partial charge in [-0.25, -0.2) is 18.1 Å². The molecule has 3 heterocycles. The molecule has 7 rings (SSSR count). The minimum atomic E-state index is -4.55. The number of carbonyl (C=O) groups is 1. The number of aromatic nitrogens is 2. The van der Waals surface area contributed by atoms with Gasteiger partial charge in [-0.1, -0.05) is 43.2 Å². The first kappa shape index (κ1) is 40.7. The zero-order valence-electron chi connectivity index (χ0n) is 32.6. The third-order valence-electron chi connectivity index (χ3n) is 10.7. The van der Waals surface area contributed by atoms with Crippen LogP contribution in [0, 0.1) is 15.5 Å². The van der Waals surface area contributed by atoms with Crippen molar-refractivity contribution in [3.05, 3.63) is 117 Å². The molecule has 0 radical (unpaired) electrons. The third-order valence-corrected chi connectivity index (χ3v) is 12.2. The molecule has 1 amide bonds. The quantitative estimate of drug-likeness (QED) is 0.0565. The van der Waals surface area contributed by atoms with Gasteiger partial charge in [0.15, 0.2) is 0 Å². The van der Waals surface area contributed by atoms with Crippen LogP contribution in [0.25, 0.3) is 16.6 Å². The van der Waals surface area contributed by atoms with Crippen molar-refractivity contribution in [1.29, 1.82) is 0 Å². The largest absolute Gasteiger partial charge is 0.455 e. The Morgan fingerprint density at radius 1 is 1.03 bits per heavy atom. The van der Waals surface area contributed by atoms with Gasteiger partial charge in [-0.2, -0.15) is 0 Å². The number of pyridine rings is 1. The Morgan fingerprint density at radius 2 is 1.81 bits per heavy atom. The number of ether oxygens (including phenoxy) is 2. The topological polar surface area (TPSA) is 172 Å². The molecule has 1 saturated heterocycles. The van der Waals surface area contributed by atoms with Crippen molar-refractivity contribution < 1.29 is 27.6 Å². The van der Waals surface area contributed by atoms with Crippen LogP contribution in [-0.4, -0.2) is 87.1 Å². The van der Waals surface area contributed by atoms with Gasteiger partial charge in [-0.3, -0.25) is 19.8 Å². The SMILES string of the molecule is COCCNc1ccc(S(=O)(=O)NC(=O)c2ccc(N3CCN(CC4=C(c5ccc(Cl)cc5)CC(C)(C)CC4)CC3)cc2Oc2cnc3[nH]ccc3c2)cc1[N+](=O)[O-]. The van der Waals surface area contributed by atoms with Gasteiger partial charge in [0.2, 0.25) is 0 Å². The normalized spacial score (nSPS) is 16.0. The monoisotopic (exact) mass is 827 g/mol.